The molecule has 0 saturated carbocycles. The van der Waals surface area contributed by atoms with E-state index >= 15 is 0 Å². The lowest BCUT2D eigenvalue weighted by molar-refractivity contribution is -0.142. The number of fused-ring (bicyclic) bond motifs is 1. The van der Waals surface area contributed by atoms with Gasteiger partial charge in [0.15, 0.2) is 0 Å². The largest absolute Gasteiger partial charge is 0.480 e. The van der Waals surface area contributed by atoms with E-state index in [9.17, 15) is 53.1 Å². The minimum atomic E-state index is -1.43. The molecule has 0 bridgehead atoms. The van der Waals surface area contributed by atoms with E-state index < -0.39 is 96.5 Å². The summed E-state index contributed by atoms with van der Waals surface area (Å²) in [7, 11) is 1.70. The molecule has 0 aliphatic heterocycles. The van der Waals surface area contributed by atoms with Gasteiger partial charge in [-0.15, -0.1) is 0 Å². The molecule has 0 aliphatic carbocycles. The van der Waals surface area contributed by atoms with Gasteiger partial charge in [-0.3, -0.25) is 38.4 Å². The average Bonchev–Trinajstić information content (AvgIpc) is 3.66. The number of primary amides is 1. The van der Waals surface area contributed by atoms with Crippen LogP contribution in [0.4, 0.5) is 0 Å². The number of aliphatic carboxylic acids is 1. The van der Waals surface area contributed by atoms with Crippen LogP contribution in [0, 0.1) is 0 Å². The van der Waals surface area contributed by atoms with E-state index in [1.807, 2.05) is 6.07 Å². The van der Waals surface area contributed by atoms with Gasteiger partial charge in [0.25, 0.3) is 0 Å². The number of carbonyl (C=O) groups is 10. The van der Waals surface area contributed by atoms with E-state index in [1.54, 1.807) is 61.8 Å². The fraction of sp³-hybridized carbons (Fsp3) is 0.429. The lowest BCUT2D eigenvalue weighted by atomic mass is 10.0. The highest BCUT2D eigenvalue weighted by atomic mass is 16.4. The van der Waals surface area contributed by atoms with Crippen molar-refractivity contribution < 1.29 is 53.1 Å². The predicted molar refractivity (Wildman–Crippen MR) is 228 cm³/mol. The highest BCUT2D eigenvalue weighted by molar-refractivity contribution is 5.97. The number of carbonyl (C=O) groups excluding carboxylic acids is 9. The molecule has 8 amide bonds. The highest BCUT2D eigenvalue weighted by Crippen LogP contribution is 2.19. The van der Waals surface area contributed by atoms with Gasteiger partial charge in [0.2, 0.25) is 47.3 Å². The van der Waals surface area contributed by atoms with Crippen LogP contribution < -0.4 is 48.3 Å². The molecule has 3 aromatic rings. The zero-order chi connectivity index (χ0) is 46.3. The summed E-state index contributed by atoms with van der Waals surface area (Å²) in [6, 6.07) is 9.02. The molecular weight excluding hydrogens is 821 g/mol. The van der Waals surface area contributed by atoms with Crippen molar-refractivity contribution in [2.75, 3.05) is 26.7 Å². The van der Waals surface area contributed by atoms with Gasteiger partial charge < -0.3 is 63.2 Å². The topological polar surface area (TPSA) is 329 Å². The molecule has 12 N–H and O–H groups in total. The Hall–Kier alpha value is -7.16. The number of benzene rings is 2. The van der Waals surface area contributed by atoms with Crippen molar-refractivity contribution in [3.63, 3.8) is 0 Å². The van der Waals surface area contributed by atoms with Gasteiger partial charge in [0, 0.05) is 49.7 Å². The first-order valence-electron chi connectivity index (χ1n) is 20.3. The number of aromatic nitrogens is 1. The highest BCUT2D eigenvalue weighted by Gasteiger charge is 2.31. The van der Waals surface area contributed by atoms with E-state index in [2.05, 4.69) is 47.5 Å². The van der Waals surface area contributed by atoms with Crippen molar-refractivity contribution in [2.24, 2.45) is 5.73 Å². The van der Waals surface area contributed by atoms with Crippen molar-refractivity contribution in [1.29, 1.82) is 0 Å². The summed E-state index contributed by atoms with van der Waals surface area (Å²) in [4.78, 5) is 130. The second kappa shape index (κ2) is 26.2. The number of aldehydes is 1. The lowest BCUT2D eigenvalue weighted by Gasteiger charge is -2.25. The van der Waals surface area contributed by atoms with Crippen LogP contribution in [0.25, 0.3) is 10.9 Å². The maximum Gasteiger partial charge on any atom is 0.326 e. The number of nitrogens with one attached hydrogen (secondary N) is 9. The third-order valence-electron chi connectivity index (χ3n) is 9.66. The molecule has 21 nitrogen and oxygen atoms in total. The summed E-state index contributed by atoms with van der Waals surface area (Å²) in [5.74, 6) is -7.50. The Balaban J connectivity index is 1.82. The zero-order valence-electron chi connectivity index (χ0n) is 35.1. The van der Waals surface area contributed by atoms with E-state index in [1.165, 1.54) is 6.92 Å². The first-order valence-corrected chi connectivity index (χ1v) is 20.3. The number of amides is 8. The Morgan fingerprint density at radius 1 is 0.683 bits per heavy atom. The second-order valence-electron chi connectivity index (χ2n) is 14.6. The van der Waals surface area contributed by atoms with Gasteiger partial charge in [-0.05, 0) is 56.5 Å². The smallest absolute Gasteiger partial charge is 0.326 e. The minimum absolute atomic E-state index is 0.0873. The minimum Gasteiger partial charge on any atom is -0.480 e. The molecular formula is C42H56N10O11. The maximum absolute atomic E-state index is 13.9. The standard InChI is InChI=1S/C42H56N10O11/c1-25(54)45-23-36(56)48-30(14-8-18-44-2)39(59)50-31(16-17-35(43)55)40(60)52-33(20-26-10-4-3-5-11-26)38(58)47-24-37(57)49-34(41(61)51-32(42(62)63)15-9-19-53)21-27-22-46-29-13-7-6-12-28(27)29/h3-7,10-13,19,22,30-34,44,46H,8-9,14-18,20-21,23-24H2,1-2H3,(H2,43,55)(H,45,54)(H,47,58)(H,48,56)(H,49,57)(H,50,59)(H,51,61)(H,52,60)(H,62,63)/t30?,31-,32?,33?,34-/m0/s1. The number of hydrogen-bond acceptors (Lipinski definition) is 11. The fourth-order valence-electron chi connectivity index (χ4n) is 6.39. The molecule has 0 aliphatic rings. The molecule has 5 atom stereocenters. The van der Waals surface area contributed by atoms with E-state index in [0.717, 1.165) is 10.9 Å². The predicted octanol–water partition coefficient (Wildman–Crippen LogP) is -2.04. The Morgan fingerprint density at radius 3 is 1.89 bits per heavy atom. The number of para-hydroxylation sites is 1. The van der Waals surface area contributed by atoms with Gasteiger partial charge in [0.1, 0.15) is 36.5 Å². The van der Waals surface area contributed by atoms with Crippen molar-refractivity contribution in [3.8, 4) is 0 Å². The molecule has 3 unspecified atom stereocenters. The molecule has 0 fully saturated rings. The summed E-state index contributed by atoms with van der Waals surface area (Å²) in [5, 5.41) is 30.8. The van der Waals surface area contributed by atoms with Crippen LogP contribution in [0.5, 0.6) is 0 Å². The molecule has 1 aromatic heterocycles. The Labute approximate surface area is 363 Å². The first kappa shape index (κ1) is 50.2. The lowest BCUT2D eigenvalue weighted by Crippen LogP contribution is -2.58. The monoisotopic (exact) mass is 876 g/mol. The molecule has 0 radical (unpaired) electrons. The van der Waals surface area contributed by atoms with E-state index in [0.29, 0.717) is 30.4 Å². The molecule has 0 spiro atoms. The molecule has 340 valence electrons. The quantitative estimate of drug-likeness (QED) is 0.0278. The zero-order valence-corrected chi connectivity index (χ0v) is 35.1. The van der Waals surface area contributed by atoms with Crippen LogP contribution in [0.15, 0.2) is 60.8 Å². The van der Waals surface area contributed by atoms with Gasteiger partial charge in [0.05, 0.1) is 13.1 Å². The third-order valence-corrected chi connectivity index (χ3v) is 9.66. The molecule has 2 aromatic carbocycles. The maximum atomic E-state index is 13.9. The summed E-state index contributed by atoms with van der Waals surface area (Å²) in [5.41, 5.74) is 7.35. The number of H-pyrrole nitrogens is 1. The van der Waals surface area contributed by atoms with Gasteiger partial charge in [-0.25, -0.2) is 4.79 Å². The van der Waals surface area contributed by atoms with Crippen LogP contribution in [-0.2, 0) is 60.8 Å². The SMILES string of the molecule is CNCCCC(NC(=O)CNC(C)=O)C(=O)N[C@@H](CCC(N)=O)C(=O)NC(Cc1ccccc1)C(=O)NCC(=O)N[C@@H](Cc1c[nH]c2ccccc12)C(=O)NC(CCC=O)C(=O)O. The number of nitrogens with two attached hydrogens (primary N) is 1. The summed E-state index contributed by atoms with van der Waals surface area (Å²) < 4.78 is 0. The van der Waals surface area contributed by atoms with E-state index in [4.69, 9.17) is 5.73 Å². The fourth-order valence-corrected chi connectivity index (χ4v) is 6.39. The van der Waals surface area contributed by atoms with Crippen molar-refractivity contribution in [1.82, 2.24) is 47.5 Å². The Kier molecular flexibility index (Phi) is 20.9. The van der Waals surface area contributed by atoms with Crippen LogP contribution in [0.3, 0.4) is 0 Å². The average molecular weight is 877 g/mol. The van der Waals surface area contributed by atoms with Crippen LogP contribution in [0.2, 0.25) is 0 Å². The van der Waals surface area contributed by atoms with Gasteiger partial charge in [-0.2, -0.15) is 0 Å². The normalized spacial score (nSPS) is 13.2. The summed E-state index contributed by atoms with van der Waals surface area (Å²) in [6.07, 6.45) is 1.59. The molecule has 21 heteroatoms. The number of hydrogen-bond donors (Lipinski definition) is 11. The summed E-state index contributed by atoms with van der Waals surface area (Å²) in [6.45, 7) is 0.602. The number of carboxylic acids is 1. The first-order chi connectivity index (χ1) is 30.1. The van der Waals surface area contributed by atoms with Crippen molar-refractivity contribution in [2.45, 2.75) is 88.5 Å². The molecule has 3 rings (SSSR count). The third kappa shape index (κ3) is 17.8. The Bertz CT molecular complexity index is 2080. The van der Waals surface area contributed by atoms with Crippen molar-refractivity contribution >= 4 is 70.4 Å². The Morgan fingerprint density at radius 2 is 1.25 bits per heavy atom. The van der Waals surface area contributed by atoms with Crippen LogP contribution >= 0.6 is 0 Å². The van der Waals surface area contributed by atoms with E-state index in [-0.39, 0.29) is 44.9 Å². The van der Waals surface area contributed by atoms with Crippen LogP contribution in [-0.4, -0.2) is 126 Å². The number of carboxylic acid groups (broad SMARTS) is 1. The number of rotatable bonds is 28. The van der Waals surface area contributed by atoms with Gasteiger partial charge >= 0.3 is 5.97 Å². The number of aromatic amines is 1. The van der Waals surface area contributed by atoms with Crippen LogP contribution in [0.1, 0.15) is 56.6 Å². The molecule has 0 saturated heterocycles. The summed E-state index contributed by atoms with van der Waals surface area (Å²) >= 11 is 0. The van der Waals surface area contributed by atoms with Gasteiger partial charge in [-0.1, -0.05) is 48.5 Å². The van der Waals surface area contributed by atoms with Crippen molar-refractivity contribution in [3.05, 3.63) is 71.9 Å². The second-order valence-corrected chi connectivity index (χ2v) is 14.6. The molecule has 63 heavy (non-hydrogen) atoms. The molecule has 1 heterocycles.